The molecule has 1 N–H and O–H groups in total. The van der Waals surface area contributed by atoms with Crippen LogP contribution < -0.4 is 10.2 Å². The molecule has 2 rings (SSSR count). The molecule has 0 amide bonds. The molecule has 1 unspecified atom stereocenters. The van der Waals surface area contributed by atoms with Crippen LogP contribution in [0.4, 0.5) is 11.4 Å². The van der Waals surface area contributed by atoms with E-state index in [2.05, 4.69) is 58.4 Å². The molecule has 18 heavy (non-hydrogen) atoms. The van der Waals surface area contributed by atoms with E-state index in [-0.39, 0.29) is 0 Å². The second kappa shape index (κ2) is 6.43. The number of halogens is 1. The minimum atomic E-state index is 0.632. The normalized spacial score (nSPS) is 19.6. The zero-order valence-electron chi connectivity index (χ0n) is 11.1. The highest BCUT2D eigenvalue weighted by Crippen LogP contribution is 2.28. The van der Waals surface area contributed by atoms with Gasteiger partial charge in [0.15, 0.2) is 0 Å². The first-order valence-electron chi connectivity index (χ1n) is 6.45. The second-order valence-electron chi connectivity index (χ2n) is 5.02. The molecule has 1 aliphatic heterocycles. The van der Waals surface area contributed by atoms with Crippen molar-refractivity contribution in [1.29, 1.82) is 0 Å². The molecule has 1 heterocycles. The lowest BCUT2D eigenvalue weighted by Crippen LogP contribution is -2.25. The van der Waals surface area contributed by atoms with E-state index in [1.165, 1.54) is 24.2 Å². The number of nitrogens with one attached hydrogen (secondary N) is 1. The number of hydrogen-bond donors (Lipinski definition) is 1. The molecule has 0 radical (unpaired) electrons. The molecular formula is C14H21BrN2O. The van der Waals surface area contributed by atoms with Crippen LogP contribution in [0.2, 0.25) is 0 Å². The Balaban J connectivity index is 2.00. The van der Waals surface area contributed by atoms with Crippen molar-refractivity contribution in [3.63, 3.8) is 0 Å². The third-order valence-corrected chi connectivity index (χ3v) is 3.77. The van der Waals surface area contributed by atoms with Crippen LogP contribution in [0, 0.1) is 5.92 Å². The number of benzene rings is 1. The lowest BCUT2D eigenvalue weighted by atomic mass is 10.0. The predicted octanol–water partition coefficient (Wildman–Crippen LogP) is 3.35. The highest BCUT2D eigenvalue weighted by molar-refractivity contribution is 9.10. The summed E-state index contributed by atoms with van der Waals surface area (Å²) in [5.41, 5.74) is 2.40. The summed E-state index contributed by atoms with van der Waals surface area (Å²) >= 11 is 3.53. The van der Waals surface area contributed by atoms with Gasteiger partial charge in [-0.1, -0.05) is 15.9 Å². The van der Waals surface area contributed by atoms with Gasteiger partial charge in [-0.25, -0.2) is 0 Å². The molecule has 1 saturated heterocycles. The molecule has 1 aromatic rings. The molecular weight excluding hydrogens is 292 g/mol. The van der Waals surface area contributed by atoms with E-state index in [9.17, 15) is 0 Å². The van der Waals surface area contributed by atoms with Crippen LogP contribution in [-0.2, 0) is 4.74 Å². The Morgan fingerprint density at radius 2 is 2.28 bits per heavy atom. The summed E-state index contributed by atoms with van der Waals surface area (Å²) in [6.45, 7) is 2.80. The highest BCUT2D eigenvalue weighted by Gasteiger charge is 2.14. The predicted molar refractivity (Wildman–Crippen MR) is 80.5 cm³/mol. The smallest absolute Gasteiger partial charge is 0.0597 e. The second-order valence-corrected chi connectivity index (χ2v) is 5.94. The molecule has 0 saturated carbocycles. The average Bonchev–Trinajstić information content (AvgIpc) is 2.37. The lowest BCUT2D eigenvalue weighted by Gasteiger charge is -2.24. The van der Waals surface area contributed by atoms with Crippen LogP contribution in [0.1, 0.15) is 12.8 Å². The zero-order chi connectivity index (χ0) is 13.0. The van der Waals surface area contributed by atoms with Gasteiger partial charge >= 0.3 is 0 Å². The number of ether oxygens (including phenoxy) is 1. The van der Waals surface area contributed by atoms with Crippen molar-refractivity contribution in [3.05, 3.63) is 22.7 Å². The largest absolute Gasteiger partial charge is 0.383 e. The van der Waals surface area contributed by atoms with Crippen molar-refractivity contribution in [2.24, 2.45) is 5.92 Å². The Hall–Kier alpha value is -0.740. The van der Waals surface area contributed by atoms with Gasteiger partial charge in [-0.2, -0.15) is 0 Å². The highest BCUT2D eigenvalue weighted by atomic mass is 79.9. The van der Waals surface area contributed by atoms with E-state index in [1.807, 2.05) is 0 Å². The Kier molecular flexibility index (Phi) is 4.89. The van der Waals surface area contributed by atoms with E-state index in [0.717, 1.165) is 24.2 Å². The Morgan fingerprint density at radius 1 is 1.44 bits per heavy atom. The van der Waals surface area contributed by atoms with Crippen LogP contribution in [0.25, 0.3) is 0 Å². The van der Waals surface area contributed by atoms with Crippen LogP contribution in [0.3, 0.4) is 0 Å². The number of hydrogen-bond acceptors (Lipinski definition) is 3. The molecule has 3 nitrogen and oxygen atoms in total. The molecule has 0 aromatic heterocycles. The van der Waals surface area contributed by atoms with Gasteiger partial charge in [-0.15, -0.1) is 0 Å². The van der Waals surface area contributed by atoms with Crippen LogP contribution in [0.15, 0.2) is 22.7 Å². The average molecular weight is 313 g/mol. The number of nitrogens with zero attached hydrogens (tertiary/aromatic N) is 1. The summed E-state index contributed by atoms with van der Waals surface area (Å²) < 4.78 is 6.62. The van der Waals surface area contributed by atoms with E-state index >= 15 is 0 Å². The van der Waals surface area contributed by atoms with Crippen LogP contribution in [0.5, 0.6) is 0 Å². The third kappa shape index (κ3) is 3.62. The van der Waals surface area contributed by atoms with E-state index < -0.39 is 0 Å². The standard InChI is InChI=1S/C14H21BrN2O/c1-17(2)14-6-5-12(15)8-13(14)16-9-11-4-3-7-18-10-11/h5-6,8,11,16H,3-4,7,9-10H2,1-2H3. The summed E-state index contributed by atoms with van der Waals surface area (Å²) in [7, 11) is 4.14. The van der Waals surface area contributed by atoms with Crippen LogP contribution in [-0.4, -0.2) is 33.9 Å². The van der Waals surface area contributed by atoms with Crippen molar-refractivity contribution in [1.82, 2.24) is 0 Å². The first kappa shape index (κ1) is 13.7. The first-order valence-corrected chi connectivity index (χ1v) is 7.24. The molecule has 0 spiro atoms. The van der Waals surface area contributed by atoms with Gasteiger partial charge in [0.2, 0.25) is 0 Å². The summed E-state index contributed by atoms with van der Waals surface area (Å²) in [4.78, 5) is 2.13. The summed E-state index contributed by atoms with van der Waals surface area (Å²) in [6.07, 6.45) is 2.45. The molecule has 1 atom stereocenters. The number of rotatable bonds is 4. The van der Waals surface area contributed by atoms with Gasteiger partial charge < -0.3 is 15.0 Å². The SMILES string of the molecule is CN(C)c1ccc(Br)cc1NCC1CCCOC1. The monoisotopic (exact) mass is 312 g/mol. The maximum absolute atomic E-state index is 5.51. The van der Waals surface area contributed by atoms with Gasteiger partial charge in [0.05, 0.1) is 18.0 Å². The van der Waals surface area contributed by atoms with Gasteiger partial charge in [0.1, 0.15) is 0 Å². The fourth-order valence-corrected chi connectivity index (χ4v) is 2.62. The molecule has 4 heteroatoms. The molecule has 1 aliphatic rings. The topological polar surface area (TPSA) is 24.5 Å². The fraction of sp³-hybridized carbons (Fsp3) is 0.571. The van der Waals surface area contributed by atoms with Crippen molar-refractivity contribution in [2.75, 3.05) is 44.1 Å². The lowest BCUT2D eigenvalue weighted by molar-refractivity contribution is 0.0595. The molecule has 100 valence electrons. The zero-order valence-corrected chi connectivity index (χ0v) is 12.7. The van der Waals surface area contributed by atoms with Gasteiger partial charge in [-0.05, 0) is 37.0 Å². The van der Waals surface area contributed by atoms with E-state index in [4.69, 9.17) is 4.74 Å². The quantitative estimate of drug-likeness (QED) is 0.922. The summed E-state index contributed by atoms with van der Waals surface area (Å²) in [5.74, 6) is 0.632. The molecule has 0 aliphatic carbocycles. The maximum atomic E-state index is 5.51. The van der Waals surface area contributed by atoms with E-state index in [1.54, 1.807) is 0 Å². The van der Waals surface area contributed by atoms with Crippen molar-refractivity contribution in [3.8, 4) is 0 Å². The Morgan fingerprint density at radius 3 is 2.94 bits per heavy atom. The summed E-state index contributed by atoms with van der Waals surface area (Å²) in [6, 6.07) is 6.34. The van der Waals surface area contributed by atoms with E-state index in [0.29, 0.717) is 5.92 Å². The minimum absolute atomic E-state index is 0.632. The van der Waals surface area contributed by atoms with Gasteiger partial charge in [-0.3, -0.25) is 0 Å². The van der Waals surface area contributed by atoms with Gasteiger partial charge in [0, 0.05) is 31.7 Å². The summed E-state index contributed by atoms with van der Waals surface area (Å²) in [5, 5.41) is 3.55. The van der Waals surface area contributed by atoms with Crippen LogP contribution >= 0.6 is 15.9 Å². The van der Waals surface area contributed by atoms with Crippen molar-refractivity contribution in [2.45, 2.75) is 12.8 Å². The fourth-order valence-electron chi connectivity index (χ4n) is 2.26. The third-order valence-electron chi connectivity index (χ3n) is 3.28. The Bertz CT molecular complexity index is 389. The van der Waals surface area contributed by atoms with Crippen molar-refractivity contribution >= 4 is 27.3 Å². The molecule has 0 bridgehead atoms. The number of anilines is 2. The Labute approximate surface area is 118 Å². The van der Waals surface area contributed by atoms with Gasteiger partial charge in [0.25, 0.3) is 0 Å². The first-order chi connectivity index (χ1) is 8.66. The minimum Gasteiger partial charge on any atom is -0.383 e. The van der Waals surface area contributed by atoms with Crippen molar-refractivity contribution < 1.29 is 4.74 Å². The molecule has 1 fully saturated rings. The molecule has 1 aromatic carbocycles. The maximum Gasteiger partial charge on any atom is 0.0597 e.